The standard InChI is InChI=1S/C24H28N6O2/c25-24-22(13-21(27-28-24)20-6-1-2-7-23(20)31)30-15-19(16-30)32-18-5-3-4-17(12-18)14-29-10-8-26-9-11-29/h1-7,12-13,19,26,31H,8-11,14-16H2,(H2,25,28). The highest BCUT2D eigenvalue weighted by atomic mass is 16.5. The van der Waals surface area contributed by atoms with E-state index in [1.54, 1.807) is 12.1 Å². The number of anilines is 2. The van der Waals surface area contributed by atoms with Gasteiger partial charge in [-0.2, -0.15) is 0 Å². The number of hydrogen-bond acceptors (Lipinski definition) is 8. The van der Waals surface area contributed by atoms with E-state index in [9.17, 15) is 5.11 Å². The van der Waals surface area contributed by atoms with Crippen LogP contribution in [0.5, 0.6) is 11.5 Å². The highest BCUT2D eigenvalue weighted by Gasteiger charge is 2.31. The Labute approximate surface area is 187 Å². The van der Waals surface area contributed by atoms with Gasteiger partial charge in [0, 0.05) is 38.3 Å². The van der Waals surface area contributed by atoms with Gasteiger partial charge in [-0.1, -0.05) is 24.3 Å². The summed E-state index contributed by atoms with van der Waals surface area (Å²) in [5.41, 5.74) is 9.41. The van der Waals surface area contributed by atoms with Gasteiger partial charge in [-0.05, 0) is 35.9 Å². The first kappa shape index (κ1) is 20.5. The quantitative estimate of drug-likeness (QED) is 0.545. The lowest BCUT2D eigenvalue weighted by Gasteiger charge is -2.40. The molecule has 2 saturated heterocycles. The predicted molar refractivity (Wildman–Crippen MR) is 125 cm³/mol. The number of aromatic nitrogens is 2. The summed E-state index contributed by atoms with van der Waals surface area (Å²) in [6, 6.07) is 17.3. The van der Waals surface area contributed by atoms with Crippen LogP contribution in [0.2, 0.25) is 0 Å². The van der Waals surface area contributed by atoms with Crippen LogP contribution in [0.3, 0.4) is 0 Å². The number of hydrogen-bond donors (Lipinski definition) is 3. The van der Waals surface area contributed by atoms with Crippen LogP contribution in [0.4, 0.5) is 11.5 Å². The molecule has 166 valence electrons. The Kier molecular flexibility index (Phi) is 5.79. The number of rotatable bonds is 6. The second-order valence-corrected chi connectivity index (χ2v) is 8.34. The summed E-state index contributed by atoms with van der Waals surface area (Å²) in [6.07, 6.45) is 0.0885. The number of nitrogens with zero attached hydrogens (tertiary/aromatic N) is 4. The second-order valence-electron chi connectivity index (χ2n) is 8.34. The summed E-state index contributed by atoms with van der Waals surface area (Å²) in [6.45, 7) is 6.64. The lowest BCUT2D eigenvalue weighted by Crippen LogP contribution is -2.54. The molecule has 0 saturated carbocycles. The van der Waals surface area contributed by atoms with E-state index in [2.05, 4.69) is 43.5 Å². The Hall–Kier alpha value is -3.36. The highest BCUT2D eigenvalue weighted by molar-refractivity contribution is 5.74. The minimum atomic E-state index is 0.0885. The number of piperazine rings is 1. The van der Waals surface area contributed by atoms with Crippen molar-refractivity contribution in [3.05, 3.63) is 60.2 Å². The lowest BCUT2D eigenvalue weighted by molar-refractivity contribution is 0.167. The summed E-state index contributed by atoms with van der Waals surface area (Å²) >= 11 is 0. The van der Waals surface area contributed by atoms with Crippen LogP contribution in [0.15, 0.2) is 54.6 Å². The van der Waals surface area contributed by atoms with E-state index in [4.69, 9.17) is 10.5 Å². The van der Waals surface area contributed by atoms with E-state index >= 15 is 0 Å². The van der Waals surface area contributed by atoms with Crippen molar-refractivity contribution in [3.63, 3.8) is 0 Å². The minimum Gasteiger partial charge on any atom is -0.507 e. The van der Waals surface area contributed by atoms with E-state index in [1.165, 1.54) is 5.56 Å². The molecule has 4 N–H and O–H groups in total. The predicted octanol–water partition coefficient (Wildman–Crippen LogP) is 2.10. The molecule has 2 aliphatic rings. The lowest BCUT2D eigenvalue weighted by atomic mass is 10.1. The van der Waals surface area contributed by atoms with Gasteiger partial charge in [0.2, 0.25) is 0 Å². The SMILES string of the molecule is Nc1nnc(-c2ccccc2O)cc1N1CC(Oc2cccc(CN3CCNCC3)c2)C1. The van der Waals surface area contributed by atoms with Gasteiger partial charge in [0.05, 0.1) is 24.5 Å². The molecule has 8 nitrogen and oxygen atoms in total. The number of nitrogens with two attached hydrogens (primary N) is 1. The van der Waals surface area contributed by atoms with E-state index in [0.717, 1.165) is 57.3 Å². The van der Waals surface area contributed by atoms with Gasteiger partial charge in [-0.15, -0.1) is 10.2 Å². The molecule has 0 unspecified atom stereocenters. The van der Waals surface area contributed by atoms with Crippen molar-refractivity contribution in [2.45, 2.75) is 12.6 Å². The Morgan fingerprint density at radius 1 is 1.03 bits per heavy atom. The molecule has 0 radical (unpaired) electrons. The smallest absolute Gasteiger partial charge is 0.169 e. The van der Waals surface area contributed by atoms with Crippen molar-refractivity contribution < 1.29 is 9.84 Å². The molecule has 3 heterocycles. The maximum Gasteiger partial charge on any atom is 0.169 e. The number of para-hydroxylation sites is 1. The number of phenols is 1. The molecule has 0 spiro atoms. The Morgan fingerprint density at radius 2 is 1.84 bits per heavy atom. The van der Waals surface area contributed by atoms with Crippen LogP contribution in [-0.4, -0.2) is 65.6 Å². The summed E-state index contributed by atoms with van der Waals surface area (Å²) < 4.78 is 6.22. The monoisotopic (exact) mass is 432 g/mol. The number of benzene rings is 2. The third kappa shape index (κ3) is 4.46. The Balaban J connectivity index is 1.22. The average molecular weight is 433 g/mol. The average Bonchev–Trinajstić information content (AvgIpc) is 2.78. The molecule has 5 rings (SSSR count). The van der Waals surface area contributed by atoms with Crippen LogP contribution < -0.4 is 20.7 Å². The van der Waals surface area contributed by atoms with Crippen molar-refractivity contribution in [2.75, 3.05) is 49.9 Å². The Bertz CT molecular complexity index is 1080. The summed E-state index contributed by atoms with van der Waals surface area (Å²) in [4.78, 5) is 4.59. The van der Waals surface area contributed by atoms with Crippen molar-refractivity contribution in [1.82, 2.24) is 20.4 Å². The van der Waals surface area contributed by atoms with Gasteiger partial charge >= 0.3 is 0 Å². The minimum absolute atomic E-state index is 0.0885. The molecule has 8 heteroatoms. The van der Waals surface area contributed by atoms with Gasteiger partial charge in [-0.3, -0.25) is 4.90 Å². The zero-order valence-electron chi connectivity index (χ0n) is 17.9. The molecule has 3 aromatic rings. The van der Waals surface area contributed by atoms with Crippen LogP contribution in [0, 0.1) is 0 Å². The second kappa shape index (κ2) is 9.02. The molecule has 0 bridgehead atoms. The number of nitrogens with one attached hydrogen (secondary N) is 1. The van der Waals surface area contributed by atoms with Crippen LogP contribution >= 0.6 is 0 Å². The fourth-order valence-corrected chi connectivity index (χ4v) is 4.21. The zero-order chi connectivity index (χ0) is 21.9. The number of ether oxygens (including phenoxy) is 1. The fraction of sp³-hybridized carbons (Fsp3) is 0.333. The molecular formula is C24H28N6O2. The first-order valence-electron chi connectivity index (χ1n) is 11.0. The Morgan fingerprint density at radius 3 is 2.66 bits per heavy atom. The van der Waals surface area contributed by atoms with E-state index < -0.39 is 0 Å². The first-order valence-corrected chi connectivity index (χ1v) is 11.0. The maximum absolute atomic E-state index is 10.1. The third-order valence-corrected chi connectivity index (χ3v) is 5.99. The van der Waals surface area contributed by atoms with Crippen molar-refractivity contribution in [1.29, 1.82) is 0 Å². The molecule has 0 amide bonds. The maximum atomic E-state index is 10.1. The van der Waals surface area contributed by atoms with Crippen molar-refractivity contribution >= 4 is 11.5 Å². The summed E-state index contributed by atoms with van der Waals surface area (Å²) in [5.74, 6) is 1.45. The number of nitrogen functional groups attached to an aromatic ring is 1. The van der Waals surface area contributed by atoms with Crippen molar-refractivity contribution in [2.24, 2.45) is 0 Å². The van der Waals surface area contributed by atoms with Crippen molar-refractivity contribution in [3.8, 4) is 22.8 Å². The molecule has 32 heavy (non-hydrogen) atoms. The summed E-state index contributed by atoms with van der Waals surface area (Å²) in [7, 11) is 0. The van der Waals surface area contributed by atoms with Gasteiger partial charge in [0.25, 0.3) is 0 Å². The molecular weight excluding hydrogens is 404 g/mol. The van der Waals surface area contributed by atoms with E-state index in [0.29, 0.717) is 17.1 Å². The number of phenolic OH excluding ortho intramolecular Hbond substituents is 1. The molecule has 1 aromatic heterocycles. The molecule has 2 aliphatic heterocycles. The van der Waals surface area contributed by atoms with Crippen LogP contribution in [-0.2, 0) is 6.54 Å². The molecule has 2 fully saturated rings. The first-order chi connectivity index (χ1) is 15.7. The number of aromatic hydroxyl groups is 1. The van der Waals surface area contributed by atoms with Gasteiger partial charge in [-0.25, -0.2) is 0 Å². The largest absolute Gasteiger partial charge is 0.507 e. The molecule has 0 aliphatic carbocycles. The highest BCUT2D eigenvalue weighted by Crippen LogP contribution is 2.33. The topological polar surface area (TPSA) is 99.8 Å². The van der Waals surface area contributed by atoms with E-state index in [1.807, 2.05) is 24.3 Å². The normalized spacial score (nSPS) is 17.2. The molecule has 2 aromatic carbocycles. The van der Waals surface area contributed by atoms with E-state index in [-0.39, 0.29) is 11.9 Å². The van der Waals surface area contributed by atoms with Crippen LogP contribution in [0.1, 0.15) is 5.56 Å². The van der Waals surface area contributed by atoms with Gasteiger partial charge < -0.3 is 25.8 Å². The fourth-order valence-electron chi connectivity index (χ4n) is 4.21. The zero-order valence-corrected chi connectivity index (χ0v) is 17.9. The van der Waals surface area contributed by atoms with Gasteiger partial charge in [0.1, 0.15) is 17.6 Å². The third-order valence-electron chi connectivity index (χ3n) is 5.99. The van der Waals surface area contributed by atoms with Gasteiger partial charge in [0.15, 0.2) is 5.82 Å². The summed E-state index contributed by atoms with van der Waals surface area (Å²) in [5, 5.41) is 21.8. The van der Waals surface area contributed by atoms with Crippen LogP contribution in [0.25, 0.3) is 11.3 Å². The molecule has 0 atom stereocenters.